The van der Waals surface area contributed by atoms with Crippen molar-refractivity contribution in [1.82, 2.24) is 9.13 Å². The summed E-state index contributed by atoms with van der Waals surface area (Å²) in [6.07, 6.45) is 0. The van der Waals surface area contributed by atoms with Gasteiger partial charge in [0.25, 0.3) is 0 Å². The molecule has 0 amide bonds. The van der Waals surface area contributed by atoms with Gasteiger partial charge in [-0.1, -0.05) is 109 Å². The molecule has 326 valence electrons. The highest BCUT2D eigenvalue weighted by atomic mass is 127. The third kappa shape index (κ3) is 8.28. The number of para-hydroxylation sites is 4. The number of halogens is 1. The average molecular weight is 993 g/mol. The van der Waals surface area contributed by atoms with E-state index in [1.54, 1.807) is 36.4 Å². The Balaban J connectivity index is 0.000000140. The summed E-state index contributed by atoms with van der Waals surface area (Å²) in [4.78, 5) is 3.64. The van der Waals surface area contributed by atoms with Crippen molar-refractivity contribution in [3.63, 3.8) is 0 Å². The lowest BCUT2D eigenvalue weighted by atomic mass is 9.78. The van der Waals surface area contributed by atoms with Crippen molar-refractivity contribution in [2.75, 3.05) is 0 Å². The van der Waals surface area contributed by atoms with Gasteiger partial charge >= 0.3 is 7.12 Å². The predicted octanol–water partition coefficient (Wildman–Crippen LogP) is 14.0. The molecule has 0 atom stereocenters. The second-order valence-electron chi connectivity index (χ2n) is 17.3. The van der Waals surface area contributed by atoms with Crippen LogP contribution in [0.1, 0.15) is 44.4 Å². The van der Waals surface area contributed by atoms with Crippen molar-refractivity contribution >= 4 is 84.5 Å². The van der Waals surface area contributed by atoms with Crippen LogP contribution in [-0.2, 0) is 9.31 Å². The van der Waals surface area contributed by atoms with Crippen molar-refractivity contribution < 1.29 is 9.31 Å². The van der Waals surface area contributed by atoms with Gasteiger partial charge in [0.2, 0.25) is 0 Å². The van der Waals surface area contributed by atoms with Crippen LogP contribution in [0.2, 0.25) is 0 Å². The number of benzene rings is 8. The van der Waals surface area contributed by atoms with Gasteiger partial charge in [0.1, 0.15) is 12.1 Å². The van der Waals surface area contributed by atoms with Gasteiger partial charge in [-0.2, -0.15) is 15.8 Å². The Morgan fingerprint density at radius 2 is 0.941 bits per heavy atom. The number of hydrogen-bond acceptors (Lipinski definition) is 5. The molecule has 0 saturated carbocycles. The number of hydrogen-bond donors (Lipinski definition) is 0. The molecule has 0 spiro atoms. The Morgan fingerprint density at radius 1 is 0.500 bits per heavy atom. The van der Waals surface area contributed by atoms with E-state index in [4.69, 9.17) is 26.4 Å². The Morgan fingerprint density at radius 3 is 1.46 bits per heavy atom. The van der Waals surface area contributed by atoms with Crippen LogP contribution in [0, 0.1) is 44.1 Å². The standard InChI is InChI=1S/C26H15N3.C24H24BNO2.C8H3IN2/c1-28-23-12-7-8-19(17-27)26(23)18-14-15-25-22(16-18)21-11-5-6-13-24(21)29(25)20-9-3-2-4-10-20;1-23(2)24(3,4)28-25(27-23)17-14-15-22-20(16-17)19-12-8-9-13-21(19)26(22)18-10-6-5-7-11-18;9-8-6(4-10)2-1-3-7(8)5-11/h2-16H;5-16H,1-4H3;1-3H. The first-order valence-electron chi connectivity index (χ1n) is 22.0. The summed E-state index contributed by atoms with van der Waals surface area (Å²) >= 11 is 2.00. The molecule has 2 aromatic heterocycles. The van der Waals surface area contributed by atoms with Gasteiger partial charge in [-0.05, 0) is 134 Å². The van der Waals surface area contributed by atoms with E-state index < -0.39 is 0 Å². The lowest BCUT2D eigenvalue weighted by molar-refractivity contribution is 0.00578. The minimum Gasteiger partial charge on any atom is -0.399 e. The maximum Gasteiger partial charge on any atom is 0.494 e. The molecule has 68 heavy (non-hydrogen) atoms. The Hall–Kier alpha value is -7.97. The summed E-state index contributed by atoms with van der Waals surface area (Å²) < 4.78 is 17.8. The molecule has 1 aliphatic rings. The summed E-state index contributed by atoms with van der Waals surface area (Å²) in [6.45, 7) is 15.9. The van der Waals surface area contributed by atoms with Gasteiger partial charge in [0.05, 0.1) is 57.0 Å². The lowest BCUT2D eigenvalue weighted by Gasteiger charge is -2.32. The first-order valence-corrected chi connectivity index (χ1v) is 23.1. The number of rotatable bonds is 4. The van der Waals surface area contributed by atoms with E-state index in [0.29, 0.717) is 27.9 Å². The summed E-state index contributed by atoms with van der Waals surface area (Å²) in [5.41, 5.74) is 11.0. The fraction of sp³-hybridized carbons (Fsp3) is 0.103. The molecular formula is C58H42BIN6O2. The molecule has 0 unspecified atom stereocenters. The minimum atomic E-state index is -0.353. The van der Waals surface area contributed by atoms with Crippen LogP contribution in [-0.4, -0.2) is 27.5 Å². The molecule has 8 aromatic carbocycles. The van der Waals surface area contributed by atoms with E-state index in [2.05, 4.69) is 151 Å². The third-order valence-corrected chi connectivity index (χ3v) is 13.9. The molecule has 11 rings (SSSR count). The van der Waals surface area contributed by atoms with Crippen LogP contribution in [0.15, 0.2) is 182 Å². The summed E-state index contributed by atoms with van der Waals surface area (Å²) in [7, 11) is -0.353. The quantitative estimate of drug-likeness (QED) is 0.0992. The fourth-order valence-corrected chi connectivity index (χ4v) is 9.29. The van der Waals surface area contributed by atoms with Crippen molar-refractivity contribution in [3.8, 4) is 40.7 Å². The second-order valence-corrected chi connectivity index (χ2v) is 18.4. The van der Waals surface area contributed by atoms with E-state index >= 15 is 0 Å². The predicted molar refractivity (Wildman–Crippen MR) is 282 cm³/mol. The lowest BCUT2D eigenvalue weighted by Crippen LogP contribution is -2.41. The molecule has 10 heteroatoms. The van der Waals surface area contributed by atoms with Crippen LogP contribution >= 0.6 is 22.6 Å². The molecular weight excluding hydrogens is 950 g/mol. The van der Waals surface area contributed by atoms with Crippen LogP contribution < -0.4 is 5.46 Å². The van der Waals surface area contributed by atoms with Gasteiger partial charge in [-0.15, -0.1) is 0 Å². The van der Waals surface area contributed by atoms with Crippen molar-refractivity contribution in [1.29, 1.82) is 15.8 Å². The normalized spacial score (nSPS) is 13.4. The molecule has 10 aromatic rings. The smallest absolute Gasteiger partial charge is 0.399 e. The van der Waals surface area contributed by atoms with Crippen molar-refractivity contribution in [3.05, 3.63) is 214 Å². The highest BCUT2D eigenvalue weighted by Crippen LogP contribution is 2.40. The first kappa shape index (κ1) is 45.2. The minimum absolute atomic E-state index is 0.343. The summed E-state index contributed by atoms with van der Waals surface area (Å²) in [5, 5.41) is 31.4. The Kier molecular flexibility index (Phi) is 12.4. The third-order valence-electron chi connectivity index (χ3n) is 12.7. The number of nitriles is 3. The molecule has 0 radical (unpaired) electrons. The highest BCUT2D eigenvalue weighted by molar-refractivity contribution is 14.1. The zero-order chi connectivity index (χ0) is 47.6. The van der Waals surface area contributed by atoms with Crippen LogP contribution in [0.4, 0.5) is 5.69 Å². The van der Waals surface area contributed by atoms with Crippen LogP contribution in [0.25, 0.3) is 71.0 Å². The molecule has 0 bridgehead atoms. The maximum absolute atomic E-state index is 9.58. The molecule has 1 aliphatic heterocycles. The monoisotopic (exact) mass is 992 g/mol. The summed E-state index contributed by atoms with van der Waals surface area (Å²) in [5.74, 6) is 0. The zero-order valence-corrected chi connectivity index (χ0v) is 39.9. The van der Waals surface area contributed by atoms with Gasteiger partial charge in [0, 0.05) is 47.6 Å². The maximum atomic E-state index is 9.58. The number of aromatic nitrogens is 2. The highest BCUT2D eigenvalue weighted by Gasteiger charge is 2.51. The average Bonchev–Trinajstić information content (AvgIpc) is 3.96. The number of fused-ring (bicyclic) bond motifs is 6. The zero-order valence-electron chi connectivity index (χ0n) is 37.8. The van der Waals surface area contributed by atoms with Crippen LogP contribution in [0.5, 0.6) is 0 Å². The van der Waals surface area contributed by atoms with E-state index in [9.17, 15) is 5.26 Å². The molecule has 0 N–H and O–H groups in total. The van der Waals surface area contributed by atoms with E-state index in [1.165, 1.54) is 21.8 Å². The molecule has 3 heterocycles. The van der Waals surface area contributed by atoms with E-state index in [0.717, 1.165) is 47.8 Å². The molecule has 0 aliphatic carbocycles. The molecule has 8 nitrogen and oxygen atoms in total. The Bertz CT molecular complexity index is 3640. The summed E-state index contributed by atoms with van der Waals surface area (Å²) in [6, 6.07) is 67.0. The SMILES string of the molecule is CC1(C)OB(c2ccc3c(c2)c2ccccc2n3-c2ccccc2)OC1(C)C.N#Cc1cccc(C#N)c1I.[C-]#[N+]c1cccc(C#N)c1-c1ccc2c(c1)c1ccccc1n2-c1ccccc1. The second kappa shape index (κ2) is 18.7. The topological polar surface area (TPSA) is 104 Å². The number of nitrogens with zero attached hydrogens (tertiary/aromatic N) is 6. The van der Waals surface area contributed by atoms with Crippen LogP contribution in [0.3, 0.4) is 0 Å². The molecule has 1 saturated heterocycles. The van der Waals surface area contributed by atoms with Gasteiger partial charge in [-0.3, -0.25) is 0 Å². The van der Waals surface area contributed by atoms with Gasteiger partial charge in [-0.25, -0.2) is 4.85 Å². The van der Waals surface area contributed by atoms with Gasteiger partial charge in [0.15, 0.2) is 5.69 Å². The van der Waals surface area contributed by atoms with E-state index in [1.807, 2.05) is 77.2 Å². The fourth-order valence-electron chi connectivity index (χ4n) is 8.69. The Labute approximate surface area is 409 Å². The van der Waals surface area contributed by atoms with Crippen molar-refractivity contribution in [2.24, 2.45) is 0 Å². The van der Waals surface area contributed by atoms with E-state index in [-0.39, 0.29) is 18.3 Å². The van der Waals surface area contributed by atoms with Crippen molar-refractivity contribution in [2.45, 2.75) is 38.9 Å². The first-order chi connectivity index (χ1) is 33.0. The largest absolute Gasteiger partial charge is 0.494 e. The molecule has 1 fully saturated rings. The van der Waals surface area contributed by atoms with Gasteiger partial charge < -0.3 is 18.4 Å².